The molecule has 0 aliphatic rings. The summed E-state index contributed by atoms with van der Waals surface area (Å²) in [6, 6.07) is 6.77. The Morgan fingerprint density at radius 1 is 1.14 bits per heavy atom. The van der Waals surface area contributed by atoms with Crippen LogP contribution < -0.4 is 4.74 Å². The molecule has 0 saturated heterocycles. The molecule has 2 aromatic rings. The van der Waals surface area contributed by atoms with Crippen molar-refractivity contribution in [2.75, 3.05) is 6.61 Å². The zero-order chi connectivity index (χ0) is 15.6. The molecule has 0 aliphatic heterocycles. The molecule has 6 heteroatoms. The third-order valence-corrected chi connectivity index (χ3v) is 4.45. The Morgan fingerprint density at radius 2 is 1.76 bits per heavy atom. The lowest BCUT2D eigenvalue weighted by Gasteiger charge is -2.16. The van der Waals surface area contributed by atoms with E-state index in [4.69, 9.17) is 27.9 Å². The third-order valence-electron chi connectivity index (χ3n) is 2.88. The Bertz CT molecular complexity index is 644. The van der Waals surface area contributed by atoms with Crippen LogP contribution in [0.5, 0.6) is 5.75 Å². The molecule has 21 heavy (non-hydrogen) atoms. The minimum absolute atomic E-state index is 0.111. The van der Waals surface area contributed by atoms with Crippen LogP contribution in [-0.4, -0.2) is 6.61 Å². The van der Waals surface area contributed by atoms with E-state index in [1.807, 2.05) is 6.92 Å². The van der Waals surface area contributed by atoms with Crippen LogP contribution in [0.1, 0.15) is 22.9 Å². The lowest BCUT2D eigenvalue weighted by molar-refractivity contribution is 0.340. The van der Waals surface area contributed by atoms with E-state index in [9.17, 15) is 8.78 Å². The fraction of sp³-hybridized carbons (Fsp3) is 0.200. The van der Waals surface area contributed by atoms with Gasteiger partial charge in [0.25, 0.3) is 0 Å². The van der Waals surface area contributed by atoms with Crippen LogP contribution in [0.3, 0.4) is 0 Å². The number of hydrogen-bond acceptors (Lipinski definition) is 1. The predicted octanol–water partition coefficient (Wildman–Crippen LogP) is 6.15. The predicted molar refractivity (Wildman–Crippen MR) is 84.8 cm³/mol. The van der Waals surface area contributed by atoms with Crippen molar-refractivity contribution in [3.8, 4) is 5.75 Å². The van der Waals surface area contributed by atoms with Gasteiger partial charge in [-0.25, -0.2) is 8.78 Å². The summed E-state index contributed by atoms with van der Waals surface area (Å²) in [4.78, 5) is -0.751. The summed E-state index contributed by atoms with van der Waals surface area (Å²) in [7, 11) is 0. The Hall–Kier alpha value is -0.840. The van der Waals surface area contributed by atoms with E-state index < -0.39 is 16.5 Å². The molecule has 0 heterocycles. The van der Waals surface area contributed by atoms with E-state index in [-0.39, 0.29) is 5.56 Å². The second-order valence-corrected chi connectivity index (χ2v) is 5.97. The molecule has 0 fully saturated rings. The van der Waals surface area contributed by atoms with Crippen molar-refractivity contribution < 1.29 is 13.5 Å². The lowest BCUT2D eigenvalue weighted by Crippen LogP contribution is -2.02. The van der Waals surface area contributed by atoms with Crippen molar-refractivity contribution in [3.63, 3.8) is 0 Å². The summed E-state index contributed by atoms with van der Waals surface area (Å²) in [6.45, 7) is 2.26. The van der Waals surface area contributed by atoms with Crippen LogP contribution in [0, 0.1) is 11.6 Å². The standard InChI is InChI=1S/C15H11BrCl2F2O/c1-2-21-13-7-9(17)8(6-10(13)18)15(16)14-11(19)4-3-5-12(14)20/h3-7,15H,2H2,1H3. The number of halogens is 5. The van der Waals surface area contributed by atoms with Crippen LogP contribution in [0.15, 0.2) is 30.3 Å². The molecule has 0 spiro atoms. The highest BCUT2D eigenvalue weighted by molar-refractivity contribution is 9.09. The van der Waals surface area contributed by atoms with Crippen molar-refractivity contribution in [3.05, 3.63) is 63.1 Å². The topological polar surface area (TPSA) is 9.23 Å². The van der Waals surface area contributed by atoms with Gasteiger partial charge in [0.15, 0.2) is 0 Å². The maximum absolute atomic E-state index is 13.8. The summed E-state index contributed by atoms with van der Waals surface area (Å²) < 4.78 is 33.0. The van der Waals surface area contributed by atoms with Crippen LogP contribution in [0.4, 0.5) is 8.78 Å². The van der Waals surface area contributed by atoms with Crippen LogP contribution >= 0.6 is 39.1 Å². The molecule has 0 bridgehead atoms. The SMILES string of the molecule is CCOc1cc(Cl)c(C(Br)c2c(F)cccc2F)cc1Cl. The molecule has 1 nitrogen and oxygen atoms in total. The zero-order valence-electron chi connectivity index (χ0n) is 11.0. The van der Waals surface area contributed by atoms with Gasteiger partial charge >= 0.3 is 0 Å². The van der Waals surface area contributed by atoms with Crippen molar-refractivity contribution in [2.45, 2.75) is 11.8 Å². The van der Waals surface area contributed by atoms with Crippen molar-refractivity contribution in [1.29, 1.82) is 0 Å². The average molecular weight is 396 g/mol. The Balaban J connectivity index is 2.49. The highest BCUT2D eigenvalue weighted by Gasteiger charge is 2.22. The van der Waals surface area contributed by atoms with E-state index in [2.05, 4.69) is 15.9 Å². The third kappa shape index (κ3) is 3.50. The summed E-state index contributed by atoms with van der Waals surface area (Å²) in [5.41, 5.74) is 0.355. The van der Waals surface area contributed by atoms with Gasteiger partial charge in [0.2, 0.25) is 0 Å². The Labute approximate surface area is 140 Å². The maximum atomic E-state index is 13.8. The summed E-state index contributed by atoms with van der Waals surface area (Å²) in [6.07, 6.45) is 0. The van der Waals surface area contributed by atoms with E-state index >= 15 is 0 Å². The number of alkyl halides is 1. The fourth-order valence-corrected chi connectivity index (χ4v) is 3.35. The molecule has 0 N–H and O–H groups in total. The van der Waals surface area contributed by atoms with Crippen molar-refractivity contribution >= 4 is 39.1 Å². The van der Waals surface area contributed by atoms with Gasteiger partial charge in [-0.1, -0.05) is 45.2 Å². The quantitative estimate of drug-likeness (QED) is 0.563. The minimum atomic E-state index is -0.751. The highest BCUT2D eigenvalue weighted by Crippen LogP contribution is 2.41. The molecule has 1 unspecified atom stereocenters. The van der Waals surface area contributed by atoms with Gasteiger partial charge < -0.3 is 4.74 Å². The Kier molecular flexibility index (Phi) is 5.47. The van der Waals surface area contributed by atoms with E-state index in [1.54, 1.807) is 6.07 Å². The van der Waals surface area contributed by atoms with Crippen molar-refractivity contribution in [1.82, 2.24) is 0 Å². The van der Waals surface area contributed by atoms with Gasteiger partial charge in [-0.3, -0.25) is 0 Å². The van der Waals surface area contributed by atoms with Gasteiger partial charge in [-0.15, -0.1) is 0 Å². The molecular weight excluding hydrogens is 385 g/mol. The normalized spacial score (nSPS) is 12.3. The second-order valence-electron chi connectivity index (χ2n) is 4.24. The summed E-state index contributed by atoms with van der Waals surface area (Å²) >= 11 is 15.6. The van der Waals surface area contributed by atoms with Crippen LogP contribution in [0.25, 0.3) is 0 Å². The van der Waals surface area contributed by atoms with Gasteiger partial charge in [0, 0.05) is 16.7 Å². The average Bonchev–Trinajstić information content (AvgIpc) is 2.42. The molecule has 0 saturated carbocycles. The number of ether oxygens (including phenoxy) is 1. The number of rotatable bonds is 4. The molecule has 112 valence electrons. The zero-order valence-corrected chi connectivity index (χ0v) is 14.1. The van der Waals surface area contributed by atoms with Crippen LogP contribution in [-0.2, 0) is 0 Å². The summed E-state index contributed by atoms with van der Waals surface area (Å²) in [5, 5.41) is 0.643. The highest BCUT2D eigenvalue weighted by atomic mass is 79.9. The largest absolute Gasteiger partial charge is 0.492 e. The molecular formula is C15H11BrCl2F2O. The Morgan fingerprint density at radius 3 is 2.33 bits per heavy atom. The molecule has 0 aromatic heterocycles. The number of benzene rings is 2. The van der Waals surface area contributed by atoms with Crippen LogP contribution in [0.2, 0.25) is 10.0 Å². The monoisotopic (exact) mass is 394 g/mol. The van der Waals surface area contributed by atoms with Gasteiger partial charge in [-0.2, -0.15) is 0 Å². The maximum Gasteiger partial charge on any atom is 0.139 e. The minimum Gasteiger partial charge on any atom is -0.492 e. The molecule has 2 rings (SSSR count). The first-order valence-electron chi connectivity index (χ1n) is 6.15. The first-order chi connectivity index (χ1) is 9.95. The van der Waals surface area contributed by atoms with E-state index in [1.165, 1.54) is 24.3 Å². The van der Waals surface area contributed by atoms with E-state index in [0.29, 0.717) is 28.0 Å². The van der Waals surface area contributed by atoms with Gasteiger partial charge in [0.05, 0.1) is 16.5 Å². The van der Waals surface area contributed by atoms with Gasteiger partial charge in [-0.05, 0) is 30.7 Å². The lowest BCUT2D eigenvalue weighted by atomic mass is 10.0. The molecule has 0 aliphatic carbocycles. The first kappa shape index (κ1) is 16.5. The summed E-state index contributed by atoms with van der Waals surface area (Å²) in [5.74, 6) is -0.877. The molecule has 0 amide bonds. The second kappa shape index (κ2) is 6.95. The van der Waals surface area contributed by atoms with Gasteiger partial charge in [0.1, 0.15) is 17.4 Å². The fourth-order valence-electron chi connectivity index (χ4n) is 1.91. The molecule has 1 atom stereocenters. The number of hydrogen-bond donors (Lipinski definition) is 0. The first-order valence-corrected chi connectivity index (χ1v) is 7.82. The smallest absolute Gasteiger partial charge is 0.139 e. The molecule has 2 aromatic carbocycles. The van der Waals surface area contributed by atoms with Crippen molar-refractivity contribution in [2.24, 2.45) is 0 Å². The molecule has 0 radical (unpaired) electrons. The van der Waals surface area contributed by atoms with E-state index in [0.717, 1.165) is 0 Å².